The molecule has 3 nitrogen and oxygen atoms in total. The van der Waals surface area contributed by atoms with Crippen LogP contribution in [0.1, 0.15) is 30.0 Å². The van der Waals surface area contributed by atoms with Gasteiger partial charge in [0.25, 0.3) is 0 Å². The molecule has 1 aliphatic heterocycles. The molecule has 1 atom stereocenters. The summed E-state index contributed by atoms with van der Waals surface area (Å²) < 4.78 is 18.9. The van der Waals surface area contributed by atoms with Crippen LogP contribution in [0.4, 0.5) is 4.39 Å². The summed E-state index contributed by atoms with van der Waals surface area (Å²) >= 11 is 0. The lowest BCUT2D eigenvalue weighted by atomic mass is 9.90. The molecule has 1 aliphatic carbocycles. The molecular weight excluding hydrogens is 317 g/mol. The quantitative estimate of drug-likeness (QED) is 0.711. The number of rotatable bonds is 4. The molecule has 126 valence electrons. The maximum absolute atomic E-state index is 13.5. The summed E-state index contributed by atoms with van der Waals surface area (Å²) in [6.45, 7) is 0.770. The molecule has 4 heteroatoms. The molecule has 1 unspecified atom stereocenters. The molecule has 2 heterocycles. The monoisotopic (exact) mass is 335 g/mol. The average Bonchev–Trinajstić information content (AvgIpc) is 3.50. The molecule has 1 saturated heterocycles. The minimum absolute atomic E-state index is 0.213. The van der Waals surface area contributed by atoms with Crippen molar-refractivity contribution in [3.05, 3.63) is 59.5 Å². The zero-order chi connectivity index (χ0) is 17.0. The summed E-state index contributed by atoms with van der Waals surface area (Å²) in [4.78, 5) is 4.89. The Morgan fingerprint density at radius 2 is 1.88 bits per heavy atom. The van der Waals surface area contributed by atoms with Crippen LogP contribution in [0, 0.1) is 5.82 Å². The Morgan fingerprint density at radius 3 is 2.56 bits per heavy atom. The smallest absolute Gasteiger partial charge is 0.125 e. The van der Waals surface area contributed by atoms with Crippen molar-refractivity contribution in [1.29, 1.82) is 0 Å². The minimum atomic E-state index is -0.263. The van der Waals surface area contributed by atoms with Gasteiger partial charge in [0.2, 0.25) is 0 Å². The van der Waals surface area contributed by atoms with E-state index in [4.69, 9.17) is 9.72 Å². The van der Waals surface area contributed by atoms with Gasteiger partial charge < -0.3 is 9.84 Å². The van der Waals surface area contributed by atoms with Crippen LogP contribution in [0.2, 0.25) is 0 Å². The fourth-order valence-electron chi connectivity index (χ4n) is 3.60. The lowest BCUT2D eigenvalue weighted by molar-refractivity contribution is 0.407. The van der Waals surface area contributed by atoms with E-state index in [1.54, 1.807) is 18.2 Å². The Labute approximate surface area is 145 Å². The van der Waals surface area contributed by atoms with Gasteiger partial charge in [0.05, 0.1) is 23.6 Å². The number of halogens is 1. The molecule has 0 bridgehead atoms. The number of ether oxygens (including phenoxy) is 1. The van der Waals surface area contributed by atoms with E-state index < -0.39 is 0 Å². The highest BCUT2D eigenvalue weighted by atomic mass is 19.1. The van der Waals surface area contributed by atoms with E-state index in [1.807, 2.05) is 12.1 Å². The SMILES string of the molecule is Oc1cccc2nc(C3CC3)c(CC3CO3)c(-c3ccc(F)cc3)c12. The lowest BCUT2D eigenvalue weighted by Gasteiger charge is -2.18. The zero-order valence-electron chi connectivity index (χ0n) is 13.7. The fraction of sp³-hybridized carbons (Fsp3) is 0.286. The van der Waals surface area contributed by atoms with Gasteiger partial charge >= 0.3 is 0 Å². The Morgan fingerprint density at radius 1 is 1.12 bits per heavy atom. The highest BCUT2D eigenvalue weighted by Crippen LogP contribution is 2.47. The molecule has 2 fully saturated rings. The third-order valence-electron chi connectivity index (χ3n) is 5.05. The second-order valence-corrected chi connectivity index (χ2v) is 6.96. The highest BCUT2D eigenvalue weighted by molar-refractivity contribution is 6.00. The van der Waals surface area contributed by atoms with E-state index in [9.17, 15) is 9.50 Å². The average molecular weight is 335 g/mol. The Balaban J connectivity index is 1.84. The van der Waals surface area contributed by atoms with Gasteiger partial charge in [0.15, 0.2) is 0 Å². The second kappa shape index (κ2) is 5.53. The van der Waals surface area contributed by atoms with Gasteiger partial charge in [-0.15, -0.1) is 0 Å². The highest BCUT2D eigenvalue weighted by Gasteiger charge is 2.34. The molecule has 1 N–H and O–H groups in total. The van der Waals surface area contributed by atoms with Crippen LogP contribution < -0.4 is 0 Å². The van der Waals surface area contributed by atoms with Crippen molar-refractivity contribution in [3.8, 4) is 16.9 Å². The third kappa shape index (κ3) is 2.67. The Bertz CT molecular complexity index is 960. The maximum Gasteiger partial charge on any atom is 0.125 e. The van der Waals surface area contributed by atoms with E-state index in [0.717, 1.165) is 59.2 Å². The number of aromatic hydroxyl groups is 1. The first kappa shape index (κ1) is 14.8. The Kier molecular flexibility index (Phi) is 3.28. The van der Waals surface area contributed by atoms with Gasteiger partial charge in [-0.2, -0.15) is 0 Å². The molecule has 1 saturated carbocycles. The van der Waals surface area contributed by atoms with Gasteiger partial charge in [-0.1, -0.05) is 18.2 Å². The summed E-state index contributed by atoms with van der Waals surface area (Å²) in [7, 11) is 0. The molecule has 2 aliphatic rings. The van der Waals surface area contributed by atoms with Crippen molar-refractivity contribution >= 4 is 10.9 Å². The summed E-state index contributed by atoms with van der Waals surface area (Å²) in [5.74, 6) is 0.435. The summed E-state index contributed by atoms with van der Waals surface area (Å²) in [5, 5.41) is 11.3. The van der Waals surface area contributed by atoms with E-state index in [0.29, 0.717) is 5.92 Å². The first-order valence-corrected chi connectivity index (χ1v) is 8.72. The number of phenols is 1. The van der Waals surface area contributed by atoms with Crippen molar-refractivity contribution in [2.75, 3.05) is 6.61 Å². The van der Waals surface area contributed by atoms with Gasteiger partial charge in [0.1, 0.15) is 11.6 Å². The topological polar surface area (TPSA) is 45.7 Å². The Hall–Kier alpha value is -2.46. The third-order valence-corrected chi connectivity index (χ3v) is 5.05. The molecule has 5 rings (SSSR count). The summed E-state index contributed by atoms with van der Waals surface area (Å²) in [6.07, 6.45) is 3.31. The number of hydrogen-bond acceptors (Lipinski definition) is 3. The molecule has 1 aromatic heterocycles. The van der Waals surface area contributed by atoms with Crippen molar-refractivity contribution in [2.24, 2.45) is 0 Å². The molecule has 0 amide bonds. The van der Waals surface area contributed by atoms with E-state index in [-0.39, 0.29) is 17.7 Å². The molecule has 0 radical (unpaired) electrons. The summed E-state index contributed by atoms with van der Waals surface area (Å²) in [5.41, 5.74) is 4.94. The number of nitrogens with zero attached hydrogens (tertiary/aromatic N) is 1. The number of benzene rings is 2. The standard InChI is InChI=1S/C21H18FNO2/c22-14-8-6-12(7-9-14)19-16(10-15-11-25-15)21(13-4-5-13)23-17-2-1-3-18(24)20(17)19/h1-3,6-9,13,15,24H,4-5,10-11H2. The van der Waals surface area contributed by atoms with E-state index in [1.165, 1.54) is 12.1 Å². The van der Waals surface area contributed by atoms with E-state index in [2.05, 4.69) is 0 Å². The van der Waals surface area contributed by atoms with Gasteiger partial charge in [-0.05, 0) is 53.8 Å². The number of hydrogen-bond donors (Lipinski definition) is 1. The molecule has 3 aromatic rings. The molecule has 25 heavy (non-hydrogen) atoms. The van der Waals surface area contributed by atoms with Crippen LogP contribution in [-0.2, 0) is 11.2 Å². The predicted molar refractivity (Wildman–Crippen MR) is 94.2 cm³/mol. The largest absolute Gasteiger partial charge is 0.507 e. The number of aromatic nitrogens is 1. The van der Waals surface area contributed by atoms with E-state index >= 15 is 0 Å². The van der Waals surface area contributed by atoms with Gasteiger partial charge in [-0.3, -0.25) is 4.98 Å². The molecule has 0 spiro atoms. The van der Waals surface area contributed by atoms with Crippen LogP contribution >= 0.6 is 0 Å². The van der Waals surface area contributed by atoms with Crippen molar-refractivity contribution in [3.63, 3.8) is 0 Å². The molecular formula is C21H18FNO2. The first-order chi connectivity index (χ1) is 12.2. The van der Waals surface area contributed by atoms with Crippen LogP contribution in [-0.4, -0.2) is 22.8 Å². The van der Waals surface area contributed by atoms with Crippen molar-refractivity contribution < 1.29 is 14.2 Å². The van der Waals surface area contributed by atoms with Gasteiger partial charge in [-0.25, -0.2) is 4.39 Å². The van der Waals surface area contributed by atoms with Crippen LogP contribution in [0.3, 0.4) is 0 Å². The normalized spacial score (nSPS) is 19.3. The summed E-state index contributed by atoms with van der Waals surface area (Å²) in [6, 6.07) is 11.9. The fourth-order valence-corrected chi connectivity index (χ4v) is 3.60. The van der Waals surface area contributed by atoms with Crippen LogP contribution in [0.5, 0.6) is 5.75 Å². The second-order valence-electron chi connectivity index (χ2n) is 6.96. The molecule has 2 aromatic carbocycles. The van der Waals surface area contributed by atoms with Crippen LogP contribution in [0.25, 0.3) is 22.0 Å². The number of phenolic OH excluding ortho intramolecular Hbond substituents is 1. The zero-order valence-corrected chi connectivity index (χ0v) is 13.7. The number of epoxide rings is 1. The minimum Gasteiger partial charge on any atom is -0.507 e. The lowest BCUT2D eigenvalue weighted by Crippen LogP contribution is -2.05. The predicted octanol–water partition coefficient (Wildman–Crippen LogP) is 4.57. The number of pyridine rings is 1. The first-order valence-electron chi connectivity index (χ1n) is 8.72. The van der Waals surface area contributed by atoms with Crippen LogP contribution in [0.15, 0.2) is 42.5 Å². The van der Waals surface area contributed by atoms with Crippen molar-refractivity contribution in [1.82, 2.24) is 4.98 Å². The van der Waals surface area contributed by atoms with Gasteiger partial charge in [0, 0.05) is 18.0 Å². The number of fused-ring (bicyclic) bond motifs is 1. The maximum atomic E-state index is 13.5. The van der Waals surface area contributed by atoms with Crippen molar-refractivity contribution in [2.45, 2.75) is 31.3 Å².